The number of amides is 1. The van der Waals surface area contributed by atoms with Gasteiger partial charge in [0.2, 0.25) is 0 Å². The molecule has 0 atom stereocenters. The lowest BCUT2D eigenvalue weighted by atomic mass is 10.1. The highest BCUT2D eigenvalue weighted by Crippen LogP contribution is 2.30. The van der Waals surface area contributed by atoms with Crippen molar-refractivity contribution < 1.29 is 9.53 Å². The summed E-state index contributed by atoms with van der Waals surface area (Å²) in [4.78, 5) is 12.8. The minimum absolute atomic E-state index is 0.0482. The van der Waals surface area contributed by atoms with Gasteiger partial charge in [-0.3, -0.25) is 4.79 Å². The van der Waals surface area contributed by atoms with E-state index < -0.39 is 5.91 Å². The van der Waals surface area contributed by atoms with Gasteiger partial charge in [-0.2, -0.15) is 5.26 Å². The fourth-order valence-corrected chi connectivity index (χ4v) is 4.48. The third-order valence-electron chi connectivity index (χ3n) is 5.75. The van der Waals surface area contributed by atoms with Gasteiger partial charge in [0.05, 0.1) is 15.7 Å². The summed E-state index contributed by atoms with van der Waals surface area (Å²) >= 11 is 15.6. The van der Waals surface area contributed by atoms with Crippen molar-refractivity contribution in [2.75, 3.05) is 5.32 Å². The molecular formula is C29H22BrCl2N3O2. The summed E-state index contributed by atoms with van der Waals surface area (Å²) in [5.41, 5.74) is 4.93. The Morgan fingerprint density at radius 1 is 1.08 bits per heavy atom. The highest BCUT2D eigenvalue weighted by Gasteiger charge is 2.16. The van der Waals surface area contributed by atoms with Crippen LogP contribution in [0, 0.1) is 25.2 Å². The van der Waals surface area contributed by atoms with Gasteiger partial charge in [-0.25, -0.2) is 0 Å². The molecule has 37 heavy (non-hydrogen) atoms. The standard InChI is InChI=1S/C29H22BrCl2N3O2/c1-18-14-21(15-22(16-33)29(36)34-27-5-3-4-26(31)28(27)32)19(2)35(18)24-10-12-25(13-11-24)37-17-20-6-8-23(30)9-7-20/h3-15H,17H2,1-2H3,(H,34,36)/b22-15-. The molecule has 3 aromatic carbocycles. The minimum Gasteiger partial charge on any atom is -0.489 e. The maximum Gasteiger partial charge on any atom is 0.266 e. The molecule has 0 aliphatic carbocycles. The fraction of sp³-hybridized carbons (Fsp3) is 0.103. The van der Waals surface area contributed by atoms with Crippen LogP contribution in [0.3, 0.4) is 0 Å². The highest BCUT2D eigenvalue weighted by molar-refractivity contribution is 9.10. The van der Waals surface area contributed by atoms with Crippen molar-refractivity contribution in [3.05, 3.63) is 115 Å². The number of hydrogen-bond acceptors (Lipinski definition) is 3. The number of anilines is 1. The van der Waals surface area contributed by atoms with E-state index in [1.54, 1.807) is 24.3 Å². The van der Waals surface area contributed by atoms with Crippen LogP contribution in [0.4, 0.5) is 5.69 Å². The molecule has 4 rings (SSSR count). The zero-order chi connectivity index (χ0) is 26.5. The molecule has 0 bridgehead atoms. The van der Waals surface area contributed by atoms with Crippen LogP contribution in [0.2, 0.25) is 10.0 Å². The first-order valence-corrected chi connectivity index (χ1v) is 12.9. The number of nitrogens with one attached hydrogen (secondary N) is 1. The van der Waals surface area contributed by atoms with Crippen LogP contribution in [0.25, 0.3) is 11.8 Å². The second-order valence-corrected chi connectivity index (χ2v) is 10.00. The van der Waals surface area contributed by atoms with Crippen molar-refractivity contribution in [2.24, 2.45) is 0 Å². The first-order valence-electron chi connectivity index (χ1n) is 11.3. The number of nitriles is 1. The maximum absolute atomic E-state index is 12.8. The molecule has 0 aliphatic heterocycles. The van der Waals surface area contributed by atoms with Crippen molar-refractivity contribution in [1.29, 1.82) is 5.26 Å². The van der Waals surface area contributed by atoms with E-state index in [1.165, 1.54) is 0 Å². The van der Waals surface area contributed by atoms with Crippen LogP contribution >= 0.6 is 39.1 Å². The van der Waals surface area contributed by atoms with Gasteiger partial charge < -0.3 is 14.6 Å². The number of carbonyl (C=O) groups excluding carboxylic acids is 1. The summed E-state index contributed by atoms with van der Waals surface area (Å²) in [6.07, 6.45) is 1.57. The number of benzene rings is 3. The Kier molecular flexibility index (Phi) is 8.40. The van der Waals surface area contributed by atoms with Crippen LogP contribution < -0.4 is 10.1 Å². The predicted octanol–water partition coefficient (Wildman–Crippen LogP) is 8.29. The summed E-state index contributed by atoms with van der Waals surface area (Å²) in [5, 5.41) is 12.9. The molecule has 5 nitrogen and oxygen atoms in total. The lowest BCUT2D eigenvalue weighted by molar-refractivity contribution is -0.112. The first-order chi connectivity index (χ1) is 17.8. The van der Waals surface area contributed by atoms with E-state index >= 15 is 0 Å². The Hall–Kier alpha value is -3.50. The number of rotatable bonds is 7. The molecule has 0 saturated heterocycles. The molecule has 0 spiro atoms. The van der Waals surface area contributed by atoms with Gasteiger partial charge in [-0.05, 0) is 85.6 Å². The van der Waals surface area contributed by atoms with Crippen molar-refractivity contribution in [3.8, 4) is 17.5 Å². The summed E-state index contributed by atoms with van der Waals surface area (Å²) < 4.78 is 9.00. The summed E-state index contributed by atoms with van der Waals surface area (Å²) in [6.45, 7) is 4.39. The number of ether oxygens (including phenoxy) is 1. The molecule has 1 amide bonds. The van der Waals surface area contributed by atoms with Gasteiger partial charge in [-0.15, -0.1) is 0 Å². The molecule has 186 valence electrons. The molecule has 0 aliphatic rings. The van der Waals surface area contributed by atoms with Gasteiger partial charge in [0.1, 0.15) is 24.0 Å². The zero-order valence-electron chi connectivity index (χ0n) is 20.1. The topological polar surface area (TPSA) is 67.0 Å². The molecule has 1 heterocycles. The molecule has 0 fully saturated rings. The van der Waals surface area contributed by atoms with E-state index in [-0.39, 0.29) is 10.6 Å². The van der Waals surface area contributed by atoms with Crippen molar-refractivity contribution >= 4 is 56.8 Å². The summed E-state index contributed by atoms with van der Waals surface area (Å²) in [7, 11) is 0. The van der Waals surface area contributed by atoms with Crippen LogP contribution in [0.15, 0.2) is 82.8 Å². The Morgan fingerprint density at radius 3 is 2.46 bits per heavy atom. The number of hydrogen-bond donors (Lipinski definition) is 1. The first kappa shape index (κ1) is 26.6. The quantitative estimate of drug-likeness (QED) is 0.173. The number of carbonyl (C=O) groups is 1. The Morgan fingerprint density at radius 2 is 1.78 bits per heavy atom. The SMILES string of the molecule is Cc1cc(/C=C(/C#N)C(=O)Nc2cccc(Cl)c2Cl)c(C)n1-c1ccc(OCc2ccc(Br)cc2)cc1. The second kappa shape index (κ2) is 11.7. The smallest absolute Gasteiger partial charge is 0.266 e. The minimum atomic E-state index is -0.566. The lowest BCUT2D eigenvalue weighted by Gasteiger charge is -2.12. The van der Waals surface area contributed by atoms with Crippen LogP contribution in [0.5, 0.6) is 5.75 Å². The Balaban J connectivity index is 1.52. The Bertz CT molecular complexity index is 1520. The molecule has 1 N–H and O–H groups in total. The van der Waals surface area contributed by atoms with E-state index in [2.05, 4.69) is 25.8 Å². The average molecular weight is 595 g/mol. The van der Waals surface area contributed by atoms with E-state index in [0.29, 0.717) is 17.3 Å². The molecule has 0 radical (unpaired) electrons. The zero-order valence-corrected chi connectivity index (χ0v) is 23.2. The molecule has 4 aromatic rings. The lowest BCUT2D eigenvalue weighted by Crippen LogP contribution is -2.13. The van der Waals surface area contributed by atoms with Crippen molar-refractivity contribution in [2.45, 2.75) is 20.5 Å². The number of nitrogens with zero attached hydrogens (tertiary/aromatic N) is 2. The van der Waals surface area contributed by atoms with Crippen LogP contribution in [0.1, 0.15) is 22.5 Å². The monoisotopic (exact) mass is 593 g/mol. The molecule has 8 heteroatoms. The van der Waals surface area contributed by atoms with Crippen LogP contribution in [-0.2, 0) is 11.4 Å². The van der Waals surface area contributed by atoms with Crippen molar-refractivity contribution in [3.63, 3.8) is 0 Å². The maximum atomic E-state index is 12.8. The highest BCUT2D eigenvalue weighted by atomic mass is 79.9. The van der Waals surface area contributed by atoms with Gasteiger partial charge in [0, 0.05) is 21.5 Å². The largest absolute Gasteiger partial charge is 0.489 e. The Labute approximate surface area is 234 Å². The van der Waals surface area contributed by atoms with Crippen LogP contribution in [-0.4, -0.2) is 10.5 Å². The van der Waals surface area contributed by atoms with Gasteiger partial charge in [-0.1, -0.05) is 57.3 Å². The predicted molar refractivity (Wildman–Crippen MR) is 152 cm³/mol. The second-order valence-electron chi connectivity index (χ2n) is 8.30. The normalized spacial score (nSPS) is 11.2. The van der Waals surface area contributed by atoms with Gasteiger partial charge in [0.25, 0.3) is 5.91 Å². The fourth-order valence-electron chi connectivity index (χ4n) is 3.86. The van der Waals surface area contributed by atoms with E-state index in [4.69, 9.17) is 27.9 Å². The number of aryl methyl sites for hydroxylation is 1. The molecule has 1 aromatic heterocycles. The van der Waals surface area contributed by atoms with E-state index in [0.717, 1.165) is 38.4 Å². The molecule has 0 saturated carbocycles. The number of aromatic nitrogens is 1. The third-order valence-corrected chi connectivity index (χ3v) is 7.10. The van der Waals surface area contributed by atoms with Gasteiger partial charge in [0.15, 0.2) is 0 Å². The third kappa shape index (κ3) is 6.26. The van der Waals surface area contributed by atoms with E-state index in [1.807, 2.05) is 74.5 Å². The number of halogens is 3. The molecule has 0 unspecified atom stereocenters. The summed E-state index contributed by atoms with van der Waals surface area (Å²) in [5.74, 6) is 0.195. The average Bonchev–Trinajstić information content (AvgIpc) is 3.17. The van der Waals surface area contributed by atoms with E-state index in [9.17, 15) is 10.1 Å². The van der Waals surface area contributed by atoms with Gasteiger partial charge >= 0.3 is 0 Å². The summed E-state index contributed by atoms with van der Waals surface area (Å²) in [6, 6.07) is 24.6. The molecular weight excluding hydrogens is 573 g/mol. The van der Waals surface area contributed by atoms with Crippen molar-refractivity contribution in [1.82, 2.24) is 4.57 Å².